The smallest absolute Gasteiger partial charge is 0.229 e. The third-order valence-electron chi connectivity index (χ3n) is 3.81. The summed E-state index contributed by atoms with van der Waals surface area (Å²) in [6.07, 6.45) is -0.905. The fourth-order valence-electron chi connectivity index (χ4n) is 2.38. The molecule has 1 aliphatic rings. The number of phenols is 1. The maximum atomic E-state index is 10.8. The van der Waals surface area contributed by atoms with Crippen LogP contribution in [0.3, 0.4) is 0 Å². The fourth-order valence-corrected chi connectivity index (χ4v) is 2.38. The van der Waals surface area contributed by atoms with Crippen molar-refractivity contribution < 1.29 is 39.8 Å². The molecule has 0 saturated carbocycles. The Bertz CT molecular complexity index is 682. The van der Waals surface area contributed by atoms with Crippen LogP contribution < -0.4 is 4.74 Å². The van der Waals surface area contributed by atoms with Crippen molar-refractivity contribution in [3.63, 3.8) is 0 Å². The zero-order valence-electron chi connectivity index (χ0n) is 14.1. The summed E-state index contributed by atoms with van der Waals surface area (Å²) < 4.78 is 10.7. The second kappa shape index (κ2) is 8.93. The molecule has 1 heterocycles. The van der Waals surface area contributed by atoms with Gasteiger partial charge in [0, 0.05) is 0 Å². The number of carbonyl (C=O) groups excluding carboxylic acids is 1. The predicted octanol–water partition coefficient (Wildman–Crippen LogP) is -0.271. The van der Waals surface area contributed by atoms with Crippen molar-refractivity contribution in [2.24, 2.45) is 0 Å². The van der Waals surface area contributed by atoms with Crippen molar-refractivity contribution >= 4 is 11.9 Å². The highest BCUT2D eigenvalue weighted by Gasteiger charge is 2.44. The Hall–Kier alpha value is -2.23. The van der Waals surface area contributed by atoms with Gasteiger partial charge in [0.15, 0.2) is 17.3 Å². The lowest BCUT2D eigenvalue weighted by atomic mass is 9.99. The van der Waals surface area contributed by atoms with Crippen molar-refractivity contribution in [1.29, 1.82) is 0 Å². The molecular formula is C18H22O8. The highest BCUT2D eigenvalue weighted by Crippen LogP contribution is 2.31. The summed E-state index contributed by atoms with van der Waals surface area (Å²) >= 11 is 0. The van der Waals surface area contributed by atoms with Crippen molar-refractivity contribution in [2.45, 2.75) is 37.6 Å². The molecule has 2 rings (SSSR count). The van der Waals surface area contributed by atoms with E-state index in [1.165, 1.54) is 25.1 Å². The average molecular weight is 366 g/mol. The molecule has 0 radical (unpaired) electrons. The molecule has 26 heavy (non-hydrogen) atoms. The number of ether oxygens (including phenoxy) is 2. The van der Waals surface area contributed by atoms with E-state index in [2.05, 4.69) is 0 Å². The summed E-state index contributed by atoms with van der Waals surface area (Å²) in [5.41, 5.74) is 0.635. The van der Waals surface area contributed by atoms with Gasteiger partial charge < -0.3 is 35.0 Å². The molecule has 0 amide bonds. The number of benzene rings is 1. The van der Waals surface area contributed by atoms with Gasteiger partial charge in [0.2, 0.25) is 6.29 Å². The zero-order valence-corrected chi connectivity index (χ0v) is 14.1. The van der Waals surface area contributed by atoms with Gasteiger partial charge in [0.05, 0.1) is 6.61 Å². The Morgan fingerprint density at radius 2 is 1.92 bits per heavy atom. The monoisotopic (exact) mass is 366 g/mol. The minimum Gasteiger partial charge on any atom is -0.504 e. The number of aliphatic hydroxyl groups is 4. The number of aromatic hydroxyl groups is 1. The van der Waals surface area contributed by atoms with Crippen LogP contribution in [0.1, 0.15) is 12.5 Å². The maximum Gasteiger partial charge on any atom is 0.229 e. The summed E-state index contributed by atoms with van der Waals surface area (Å²) in [7, 11) is 0. The van der Waals surface area contributed by atoms with Crippen molar-refractivity contribution in [2.75, 3.05) is 6.61 Å². The lowest BCUT2D eigenvalue weighted by molar-refractivity contribution is -0.277. The molecule has 1 aliphatic heterocycles. The largest absolute Gasteiger partial charge is 0.504 e. The van der Waals surface area contributed by atoms with Gasteiger partial charge in [-0.05, 0) is 30.7 Å². The van der Waals surface area contributed by atoms with E-state index in [0.717, 1.165) is 0 Å². The van der Waals surface area contributed by atoms with Crippen LogP contribution >= 0.6 is 0 Å². The standard InChI is InChI=1S/C18H22O8/c1-10(20)4-2-3-5-11-6-7-12(21)13(8-11)25-18-17(24)16(23)15(22)14(9-19)26-18/h2-8,14-19,21-24H,9H2,1H3. The van der Waals surface area contributed by atoms with Gasteiger partial charge in [-0.2, -0.15) is 0 Å². The third-order valence-corrected chi connectivity index (χ3v) is 3.81. The van der Waals surface area contributed by atoms with E-state index in [9.17, 15) is 30.3 Å². The van der Waals surface area contributed by atoms with E-state index in [-0.39, 0.29) is 17.3 Å². The van der Waals surface area contributed by atoms with Gasteiger partial charge in [0.25, 0.3) is 0 Å². The van der Waals surface area contributed by atoms with E-state index in [1.54, 1.807) is 24.3 Å². The normalized spacial score (nSPS) is 29.3. The van der Waals surface area contributed by atoms with Crippen molar-refractivity contribution in [3.8, 4) is 11.5 Å². The first-order valence-corrected chi connectivity index (χ1v) is 7.99. The maximum absolute atomic E-state index is 10.8. The van der Waals surface area contributed by atoms with Gasteiger partial charge in [0.1, 0.15) is 24.4 Å². The van der Waals surface area contributed by atoms with Crippen LogP contribution in [0.25, 0.3) is 6.08 Å². The summed E-state index contributed by atoms with van der Waals surface area (Å²) in [4.78, 5) is 10.8. The van der Waals surface area contributed by atoms with E-state index < -0.39 is 37.3 Å². The summed E-state index contributed by atoms with van der Waals surface area (Å²) in [5, 5.41) is 48.6. The minimum absolute atomic E-state index is 0.0213. The second-order valence-electron chi connectivity index (χ2n) is 5.87. The first-order valence-electron chi connectivity index (χ1n) is 7.99. The molecule has 5 unspecified atom stereocenters. The molecule has 0 spiro atoms. The molecule has 1 saturated heterocycles. The van der Waals surface area contributed by atoms with Crippen molar-refractivity contribution in [3.05, 3.63) is 42.0 Å². The van der Waals surface area contributed by atoms with Gasteiger partial charge in [-0.1, -0.05) is 24.3 Å². The number of ketones is 1. The molecule has 0 aliphatic carbocycles. The van der Waals surface area contributed by atoms with Crippen LogP contribution in [0.5, 0.6) is 11.5 Å². The first-order chi connectivity index (χ1) is 12.3. The number of allylic oxidation sites excluding steroid dienone is 3. The molecule has 8 nitrogen and oxygen atoms in total. The topological polar surface area (TPSA) is 137 Å². The van der Waals surface area contributed by atoms with E-state index >= 15 is 0 Å². The molecule has 1 aromatic rings. The number of hydrogen-bond acceptors (Lipinski definition) is 8. The molecule has 5 atom stereocenters. The zero-order chi connectivity index (χ0) is 19.3. The van der Waals surface area contributed by atoms with Crippen molar-refractivity contribution in [1.82, 2.24) is 0 Å². The summed E-state index contributed by atoms with van der Waals surface area (Å²) in [6, 6.07) is 4.44. The quantitative estimate of drug-likeness (QED) is 0.343. The first kappa shape index (κ1) is 20.1. The van der Waals surface area contributed by atoms with Gasteiger partial charge >= 0.3 is 0 Å². The lowest BCUT2D eigenvalue weighted by Gasteiger charge is -2.39. The highest BCUT2D eigenvalue weighted by atomic mass is 16.7. The van der Waals surface area contributed by atoms with Crippen LogP contribution in [0.2, 0.25) is 0 Å². The number of phenolic OH excluding ortho intramolecular Hbond substituents is 1. The Morgan fingerprint density at radius 1 is 1.19 bits per heavy atom. The second-order valence-corrected chi connectivity index (χ2v) is 5.87. The molecule has 1 aromatic carbocycles. The third kappa shape index (κ3) is 4.90. The highest BCUT2D eigenvalue weighted by molar-refractivity contribution is 5.87. The number of carbonyl (C=O) groups is 1. The Balaban J connectivity index is 2.15. The predicted molar refractivity (Wildman–Crippen MR) is 91.4 cm³/mol. The van der Waals surface area contributed by atoms with Crippen LogP contribution in [-0.2, 0) is 9.53 Å². The SMILES string of the molecule is CC(=O)C=CC=Cc1ccc(O)c(OC2OC(CO)C(O)C(O)C2O)c1. The van der Waals surface area contributed by atoms with Gasteiger partial charge in [-0.3, -0.25) is 4.79 Å². The van der Waals surface area contributed by atoms with Crippen LogP contribution in [0.15, 0.2) is 36.4 Å². The van der Waals surface area contributed by atoms with E-state index in [1.807, 2.05) is 0 Å². The molecule has 142 valence electrons. The minimum atomic E-state index is -1.58. The molecule has 8 heteroatoms. The fraction of sp³-hybridized carbons (Fsp3) is 0.389. The van der Waals surface area contributed by atoms with Gasteiger partial charge in [-0.15, -0.1) is 0 Å². The Labute approximate surface area is 150 Å². The molecule has 1 fully saturated rings. The number of hydrogen-bond donors (Lipinski definition) is 5. The lowest BCUT2D eigenvalue weighted by Crippen LogP contribution is -2.60. The molecule has 0 bridgehead atoms. The van der Waals surface area contributed by atoms with Crippen LogP contribution in [0.4, 0.5) is 0 Å². The Kier molecular flexibility index (Phi) is 6.90. The molecule has 0 aromatic heterocycles. The average Bonchev–Trinajstić information content (AvgIpc) is 2.61. The van der Waals surface area contributed by atoms with E-state index in [4.69, 9.17) is 9.47 Å². The summed E-state index contributed by atoms with van der Waals surface area (Å²) in [5.74, 6) is -0.336. The van der Waals surface area contributed by atoms with E-state index in [0.29, 0.717) is 5.56 Å². The number of aliphatic hydroxyl groups excluding tert-OH is 4. The Morgan fingerprint density at radius 3 is 2.58 bits per heavy atom. The number of rotatable bonds is 6. The summed E-state index contributed by atoms with van der Waals surface area (Å²) in [6.45, 7) is 0.847. The van der Waals surface area contributed by atoms with Gasteiger partial charge in [-0.25, -0.2) is 0 Å². The molecule has 5 N–H and O–H groups in total. The van der Waals surface area contributed by atoms with Crippen LogP contribution in [-0.4, -0.2) is 68.6 Å². The molecular weight excluding hydrogens is 344 g/mol. The van der Waals surface area contributed by atoms with Crippen LogP contribution in [0, 0.1) is 0 Å².